The molecule has 1 aliphatic carbocycles. The van der Waals surface area contributed by atoms with Gasteiger partial charge in [-0.1, -0.05) is 38.1 Å². The van der Waals surface area contributed by atoms with Crippen LogP contribution in [0.3, 0.4) is 0 Å². The molecule has 0 amide bonds. The van der Waals surface area contributed by atoms with Crippen molar-refractivity contribution in [2.45, 2.75) is 52.0 Å². The fourth-order valence-electron chi connectivity index (χ4n) is 2.73. The quantitative estimate of drug-likeness (QED) is 0.777. The minimum Gasteiger partial charge on any atom is -0.316 e. The van der Waals surface area contributed by atoms with E-state index in [1.165, 1.54) is 31.2 Å². The first kappa shape index (κ1) is 12.6. The molecule has 94 valence electrons. The van der Waals surface area contributed by atoms with Gasteiger partial charge in [0.15, 0.2) is 0 Å². The van der Waals surface area contributed by atoms with Crippen molar-refractivity contribution < 1.29 is 5.21 Å². The summed E-state index contributed by atoms with van der Waals surface area (Å²) in [6.07, 6.45) is 5.28. The van der Waals surface area contributed by atoms with E-state index in [0.717, 1.165) is 11.5 Å². The molecule has 1 saturated carbocycles. The van der Waals surface area contributed by atoms with E-state index in [9.17, 15) is 0 Å². The largest absolute Gasteiger partial charge is 0.316 e. The molecule has 0 unspecified atom stereocenters. The van der Waals surface area contributed by atoms with Crippen LogP contribution in [0.1, 0.15) is 56.6 Å². The molecule has 1 aliphatic rings. The second-order valence-electron chi connectivity index (χ2n) is 6.01. The van der Waals surface area contributed by atoms with Crippen LogP contribution in [0.2, 0.25) is 0 Å². The van der Waals surface area contributed by atoms with Gasteiger partial charge in [0.1, 0.15) is 0 Å². The van der Waals surface area contributed by atoms with Crippen LogP contribution in [0.4, 0.5) is 0 Å². The highest BCUT2D eigenvalue weighted by molar-refractivity contribution is 5.25. The van der Waals surface area contributed by atoms with Crippen molar-refractivity contribution in [3.8, 4) is 0 Å². The topological polar surface area (TPSA) is 32.3 Å². The van der Waals surface area contributed by atoms with Crippen molar-refractivity contribution in [2.75, 3.05) is 0 Å². The van der Waals surface area contributed by atoms with Gasteiger partial charge in [0.25, 0.3) is 0 Å². The summed E-state index contributed by atoms with van der Waals surface area (Å²) < 4.78 is 0. The van der Waals surface area contributed by atoms with Crippen LogP contribution in [0.15, 0.2) is 24.3 Å². The molecular formula is C15H23NO. The lowest BCUT2D eigenvalue weighted by Crippen LogP contribution is -2.20. The van der Waals surface area contributed by atoms with Gasteiger partial charge in [0.2, 0.25) is 0 Å². The molecule has 0 bridgehead atoms. The second kappa shape index (κ2) is 5.19. The van der Waals surface area contributed by atoms with Gasteiger partial charge >= 0.3 is 0 Å². The third-order valence-corrected chi connectivity index (χ3v) is 4.07. The SMILES string of the molecule is CC1(C)CCC(c2ccc(CNO)cc2)CC1. The number of hydroxylamine groups is 1. The van der Waals surface area contributed by atoms with Gasteiger partial charge in [0.05, 0.1) is 0 Å². The summed E-state index contributed by atoms with van der Waals surface area (Å²) in [4.78, 5) is 0. The lowest BCUT2D eigenvalue weighted by molar-refractivity contribution is 0.161. The molecule has 0 aromatic heterocycles. The second-order valence-corrected chi connectivity index (χ2v) is 6.01. The average molecular weight is 233 g/mol. The molecule has 17 heavy (non-hydrogen) atoms. The molecule has 1 aromatic rings. The normalized spacial score (nSPS) is 20.4. The molecule has 0 spiro atoms. The number of hydrogen-bond donors (Lipinski definition) is 2. The van der Waals surface area contributed by atoms with Crippen LogP contribution in [-0.2, 0) is 6.54 Å². The summed E-state index contributed by atoms with van der Waals surface area (Å²) in [5.41, 5.74) is 5.32. The van der Waals surface area contributed by atoms with E-state index in [1.807, 2.05) is 0 Å². The summed E-state index contributed by atoms with van der Waals surface area (Å²) in [5, 5.41) is 8.65. The number of rotatable bonds is 3. The van der Waals surface area contributed by atoms with Gasteiger partial charge in [-0.15, -0.1) is 0 Å². The zero-order valence-electron chi connectivity index (χ0n) is 10.9. The highest BCUT2D eigenvalue weighted by Gasteiger charge is 2.27. The van der Waals surface area contributed by atoms with E-state index in [4.69, 9.17) is 5.21 Å². The zero-order valence-corrected chi connectivity index (χ0v) is 10.9. The van der Waals surface area contributed by atoms with Crippen LogP contribution in [0.5, 0.6) is 0 Å². The molecule has 1 fully saturated rings. The molecule has 2 heteroatoms. The summed E-state index contributed by atoms with van der Waals surface area (Å²) in [6.45, 7) is 5.27. The maximum atomic E-state index is 8.65. The summed E-state index contributed by atoms with van der Waals surface area (Å²) in [7, 11) is 0. The van der Waals surface area contributed by atoms with Gasteiger partial charge in [-0.05, 0) is 48.1 Å². The molecule has 1 aromatic carbocycles. The highest BCUT2D eigenvalue weighted by atomic mass is 16.5. The molecular weight excluding hydrogens is 210 g/mol. The van der Waals surface area contributed by atoms with Gasteiger partial charge in [-0.2, -0.15) is 0 Å². The Morgan fingerprint density at radius 1 is 1.18 bits per heavy atom. The van der Waals surface area contributed by atoms with Gasteiger partial charge in [-0.3, -0.25) is 0 Å². The summed E-state index contributed by atoms with van der Waals surface area (Å²) in [6, 6.07) is 8.65. The van der Waals surface area contributed by atoms with E-state index in [-0.39, 0.29) is 0 Å². The lowest BCUT2D eigenvalue weighted by atomic mass is 9.71. The van der Waals surface area contributed by atoms with E-state index in [1.54, 1.807) is 0 Å². The van der Waals surface area contributed by atoms with Crippen molar-refractivity contribution >= 4 is 0 Å². The minimum absolute atomic E-state index is 0.526. The molecule has 0 heterocycles. The standard InChI is InChI=1S/C15H23NO/c1-15(2)9-7-14(8-10-15)13-5-3-12(4-6-13)11-16-17/h3-6,14,16-17H,7-11H2,1-2H3. The maximum absolute atomic E-state index is 8.65. The first-order chi connectivity index (χ1) is 8.11. The van der Waals surface area contributed by atoms with Crippen molar-refractivity contribution in [3.05, 3.63) is 35.4 Å². The molecule has 2 nitrogen and oxygen atoms in total. The Kier molecular flexibility index (Phi) is 3.85. The van der Waals surface area contributed by atoms with Crippen molar-refractivity contribution in [3.63, 3.8) is 0 Å². The van der Waals surface area contributed by atoms with Gasteiger partial charge < -0.3 is 5.21 Å². The van der Waals surface area contributed by atoms with E-state index >= 15 is 0 Å². The van der Waals surface area contributed by atoms with Gasteiger partial charge in [-0.25, -0.2) is 5.48 Å². The molecule has 0 saturated heterocycles. The van der Waals surface area contributed by atoms with E-state index in [2.05, 4.69) is 43.6 Å². The molecule has 2 N–H and O–H groups in total. The number of benzene rings is 1. The van der Waals surface area contributed by atoms with E-state index < -0.39 is 0 Å². The Balaban J connectivity index is 1.99. The van der Waals surface area contributed by atoms with Crippen molar-refractivity contribution in [2.24, 2.45) is 5.41 Å². The third-order valence-electron chi connectivity index (χ3n) is 4.07. The number of hydrogen-bond acceptors (Lipinski definition) is 2. The minimum atomic E-state index is 0.526. The highest BCUT2D eigenvalue weighted by Crippen LogP contribution is 2.42. The smallest absolute Gasteiger partial charge is 0.0458 e. The fourth-order valence-corrected chi connectivity index (χ4v) is 2.73. The lowest BCUT2D eigenvalue weighted by Gasteiger charge is -2.34. The first-order valence-electron chi connectivity index (χ1n) is 6.56. The van der Waals surface area contributed by atoms with Gasteiger partial charge in [0, 0.05) is 6.54 Å². The molecule has 2 rings (SSSR count). The average Bonchev–Trinajstić information content (AvgIpc) is 2.31. The first-order valence-corrected chi connectivity index (χ1v) is 6.56. The van der Waals surface area contributed by atoms with Crippen molar-refractivity contribution in [1.29, 1.82) is 0 Å². The Labute approximate surface area is 104 Å². The predicted molar refractivity (Wildman–Crippen MR) is 70.1 cm³/mol. The Hall–Kier alpha value is -0.860. The fraction of sp³-hybridized carbons (Fsp3) is 0.600. The van der Waals surface area contributed by atoms with Crippen LogP contribution in [0, 0.1) is 5.41 Å². The van der Waals surface area contributed by atoms with Crippen LogP contribution in [0.25, 0.3) is 0 Å². The monoisotopic (exact) mass is 233 g/mol. The van der Waals surface area contributed by atoms with Crippen LogP contribution >= 0.6 is 0 Å². The Morgan fingerprint density at radius 2 is 1.76 bits per heavy atom. The zero-order chi connectivity index (χ0) is 12.3. The van der Waals surface area contributed by atoms with E-state index in [0.29, 0.717) is 12.0 Å². The molecule has 0 aliphatic heterocycles. The number of nitrogens with one attached hydrogen (secondary N) is 1. The Bertz CT molecular complexity index is 346. The maximum Gasteiger partial charge on any atom is 0.0458 e. The predicted octanol–water partition coefficient (Wildman–Crippen LogP) is 3.85. The molecule has 0 radical (unpaired) electrons. The summed E-state index contributed by atoms with van der Waals surface area (Å²) in [5.74, 6) is 0.735. The van der Waals surface area contributed by atoms with Crippen LogP contribution in [-0.4, -0.2) is 5.21 Å². The summed E-state index contributed by atoms with van der Waals surface area (Å²) >= 11 is 0. The van der Waals surface area contributed by atoms with Crippen molar-refractivity contribution in [1.82, 2.24) is 5.48 Å². The van der Waals surface area contributed by atoms with Crippen LogP contribution < -0.4 is 5.48 Å². The molecule has 0 atom stereocenters. The third kappa shape index (κ3) is 3.30. The Morgan fingerprint density at radius 3 is 2.29 bits per heavy atom.